The highest BCUT2D eigenvalue weighted by molar-refractivity contribution is 5.94. The van der Waals surface area contributed by atoms with E-state index >= 15 is 0 Å². The van der Waals surface area contributed by atoms with Crippen LogP contribution in [0.3, 0.4) is 0 Å². The molecule has 0 saturated heterocycles. The molecule has 0 spiro atoms. The highest BCUT2D eigenvalue weighted by Gasteiger charge is 2.43. The van der Waals surface area contributed by atoms with Crippen LogP contribution in [0.5, 0.6) is 0 Å². The van der Waals surface area contributed by atoms with Crippen molar-refractivity contribution >= 4 is 18.0 Å². The number of rotatable bonds is 8. The Morgan fingerprint density at radius 3 is 2.09 bits per heavy atom. The molecule has 1 fully saturated rings. The predicted octanol–water partition coefficient (Wildman–Crippen LogP) is 4.18. The third-order valence-corrected chi connectivity index (χ3v) is 6.76. The summed E-state index contributed by atoms with van der Waals surface area (Å²) in [6.07, 6.45) is 0.113. The van der Waals surface area contributed by atoms with E-state index in [1.54, 1.807) is 24.3 Å². The zero-order valence-corrected chi connectivity index (χ0v) is 19.1. The molecule has 1 saturated carbocycles. The number of amides is 2. The van der Waals surface area contributed by atoms with Gasteiger partial charge in [-0.1, -0.05) is 60.7 Å². The van der Waals surface area contributed by atoms with Crippen molar-refractivity contribution in [3.8, 4) is 11.1 Å². The van der Waals surface area contributed by atoms with Crippen molar-refractivity contribution in [2.45, 2.75) is 18.9 Å². The van der Waals surface area contributed by atoms with Gasteiger partial charge in [0, 0.05) is 24.6 Å². The van der Waals surface area contributed by atoms with E-state index in [-0.39, 0.29) is 36.8 Å². The topological polar surface area (TPSA) is 105 Å². The Bertz CT molecular complexity index is 1220. The summed E-state index contributed by atoms with van der Waals surface area (Å²) in [7, 11) is 0. The largest absolute Gasteiger partial charge is 0.481 e. The fraction of sp³-hybridized carbons (Fsp3) is 0.250. The maximum Gasteiger partial charge on any atom is 0.407 e. The summed E-state index contributed by atoms with van der Waals surface area (Å²) < 4.78 is 5.55. The van der Waals surface area contributed by atoms with Crippen LogP contribution in [0, 0.1) is 11.8 Å². The summed E-state index contributed by atoms with van der Waals surface area (Å²) in [5.41, 5.74) is 6.01. The molecular formula is C28H26N2O5. The van der Waals surface area contributed by atoms with Gasteiger partial charge in [-0.3, -0.25) is 9.59 Å². The molecule has 2 aliphatic rings. The first-order valence-electron chi connectivity index (χ1n) is 11.7. The average Bonchev–Trinajstić information content (AvgIpc) is 3.60. The Morgan fingerprint density at radius 2 is 1.49 bits per heavy atom. The number of aliphatic carboxylic acids is 1. The molecule has 2 amide bonds. The number of fused-ring (bicyclic) bond motifs is 3. The first-order chi connectivity index (χ1) is 17.0. The predicted molar refractivity (Wildman–Crippen MR) is 130 cm³/mol. The van der Waals surface area contributed by atoms with E-state index in [1.807, 2.05) is 24.3 Å². The Balaban J connectivity index is 1.10. The lowest BCUT2D eigenvalue weighted by atomic mass is 9.98. The van der Waals surface area contributed by atoms with Crippen molar-refractivity contribution in [2.75, 3.05) is 13.2 Å². The van der Waals surface area contributed by atoms with Crippen LogP contribution in [-0.2, 0) is 16.1 Å². The van der Waals surface area contributed by atoms with Crippen LogP contribution >= 0.6 is 0 Å². The minimum Gasteiger partial charge on any atom is -0.481 e. The number of ether oxygens (including phenoxy) is 1. The number of hydrogen-bond acceptors (Lipinski definition) is 4. The maximum atomic E-state index is 12.4. The smallest absolute Gasteiger partial charge is 0.407 e. The standard InChI is InChI=1S/C28H26N2O5/c31-26(29-15-19-13-24(19)27(32)33)18-11-9-17(10-12-18)14-30-28(34)35-16-25-22-7-3-1-5-20(22)21-6-2-4-8-23(21)25/h1-12,19,24-25H,13-16H2,(H,29,31)(H,30,34)(H,32,33)/t19-,24-/m1/s1. The van der Waals surface area contributed by atoms with E-state index in [2.05, 4.69) is 34.9 Å². The molecule has 5 rings (SSSR count). The quantitative estimate of drug-likeness (QED) is 0.458. The van der Waals surface area contributed by atoms with Crippen LogP contribution in [0.15, 0.2) is 72.8 Å². The number of nitrogens with one attached hydrogen (secondary N) is 2. The summed E-state index contributed by atoms with van der Waals surface area (Å²) in [4.78, 5) is 35.5. The molecule has 0 aromatic heterocycles. The van der Waals surface area contributed by atoms with Gasteiger partial charge in [-0.15, -0.1) is 0 Å². The molecule has 3 aromatic rings. The lowest BCUT2D eigenvalue weighted by molar-refractivity contribution is -0.138. The van der Waals surface area contributed by atoms with Gasteiger partial charge in [0.05, 0.1) is 5.92 Å². The van der Waals surface area contributed by atoms with E-state index in [0.29, 0.717) is 18.5 Å². The van der Waals surface area contributed by atoms with Gasteiger partial charge in [-0.05, 0) is 52.3 Å². The number of carboxylic acids is 1. The number of benzene rings is 3. The SMILES string of the molecule is O=C(NCc1ccc(C(=O)NC[C@H]2C[C@H]2C(=O)O)cc1)OCC1c2ccccc2-c2ccccc21. The molecule has 0 bridgehead atoms. The maximum absolute atomic E-state index is 12.4. The van der Waals surface area contributed by atoms with Gasteiger partial charge >= 0.3 is 12.1 Å². The fourth-order valence-corrected chi connectivity index (χ4v) is 4.70. The minimum absolute atomic E-state index is 0.00682. The van der Waals surface area contributed by atoms with Crippen molar-refractivity contribution in [1.29, 1.82) is 0 Å². The highest BCUT2D eigenvalue weighted by atomic mass is 16.5. The molecule has 0 heterocycles. The van der Waals surface area contributed by atoms with Gasteiger partial charge < -0.3 is 20.5 Å². The number of hydrogen-bond donors (Lipinski definition) is 3. The molecule has 7 nitrogen and oxygen atoms in total. The second-order valence-electron chi connectivity index (χ2n) is 9.03. The summed E-state index contributed by atoms with van der Waals surface area (Å²) in [5.74, 6) is -1.37. The fourth-order valence-electron chi connectivity index (χ4n) is 4.70. The van der Waals surface area contributed by atoms with Gasteiger partial charge in [-0.25, -0.2) is 4.79 Å². The van der Waals surface area contributed by atoms with Gasteiger partial charge in [0.2, 0.25) is 0 Å². The first kappa shape index (κ1) is 22.7. The zero-order chi connectivity index (χ0) is 24.4. The van der Waals surface area contributed by atoms with Gasteiger partial charge in [0.25, 0.3) is 5.91 Å². The molecule has 0 aliphatic heterocycles. The van der Waals surface area contributed by atoms with Gasteiger partial charge in [0.15, 0.2) is 0 Å². The molecular weight excluding hydrogens is 444 g/mol. The van der Waals surface area contributed by atoms with Crippen LogP contribution in [0.25, 0.3) is 11.1 Å². The summed E-state index contributed by atoms with van der Waals surface area (Å²) in [6.45, 7) is 0.893. The van der Waals surface area contributed by atoms with E-state index in [9.17, 15) is 14.4 Å². The normalized spacial score (nSPS) is 17.7. The first-order valence-corrected chi connectivity index (χ1v) is 11.7. The second-order valence-corrected chi connectivity index (χ2v) is 9.03. The highest BCUT2D eigenvalue weighted by Crippen LogP contribution is 2.44. The van der Waals surface area contributed by atoms with Crippen LogP contribution < -0.4 is 10.6 Å². The van der Waals surface area contributed by atoms with Crippen molar-refractivity contribution in [2.24, 2.45) is 11.8 Å². The van der Waals surface area contributed by atoms with E-state index in [1.165, 1.54) is 11.1 Å². The van der Waals surface area contributed by atoms with Crippen molar-refractivity contribution < 1.29 is 24.2 Å². The number of carboxylic acid groups (broad SMARTS) is 1. The Kier molecular flexibility index (Phi) is 6.23. The molecule has 3 aromatic carbocycles. The monoisotopic (exact) mass is 470 g/mol. The van der Waals surface area contributed by atoms with Gasteiger partial charge in [0.1, 0.15) is 6.61 Å². The Morgan fingerprint density at radius 1 is 0.857 bits per heavy atom. The molecule has 3 N–H and O–H groups in total. The molecule has 2 aliphatic carbocycles. The molecule has 35 heavy (non-hydrogen) atoms. The number of carbonyl (C=O) groups excluding carboxylic acids is 2. The van der Waals surface area contributed by atoms with Crippen LogP contribution in [0.2, 0.25) is 0 Å². The average molecular weight is 471 g/mol. The zero-order valence-electron chi connectivity index (χ0n) is 19.1. The van der Waals surface area contributed by atoms with Crippen LogP contribution in [0.1, 0.15) is 39.4 Å². The van der Waals surface area contributed by atoms with Gasteiger partial charge in [-0.2, -0.15) is 0 Å². The summed E-state index contributed by atoms with van der Waals surface area (Å²) in [6, 6.07) is 23.3. The molecule has 7 heteroatoms. The third-order valence-electron chi connectivity index (χ3n) is 6.76. The lowest BCUT2D eigenvalue weighted by Crippen LogP contribution is -2.27. The van der Waals surface area contributed by atoms with E-state index in [4.69, 9.17) is 9.84 Å². The Labute approximate surface area is 203 Å². The minimum atomic E-state index is -0.808. The summed E-state index contributed by atoms with van der Waals surface area (Å²) >= 11 is 0. The summed E-state index contributed by atoms with van der Waals surface area (Å²) in [5, 5.41) is 14.5. The van der Waals surface area contributed by atoms with Crippen LogP contribution in [-0.4, -0.2) is 36.2 Å². The van der Waals surface area contributed by atoms with Crippen LogP contribution in [0.4, 0.5) is 4.79 Å². The Hall–Kier alpha value is -4.13. The lowest BCUT2D eigenvalue weighted by Gasteiger charge is -2.14. The molecule has 0 radical (unpaired) electrons. The van der Waals surface area contributed by atoms with Crippen molar-refractivity contribution in [3.63, 3.8) is 0 Å². The molecule has 178 valence electrons. The molecule has 0 unspecified atom stereocenters. The van der Waals surface area contributed by atoms with E-state index in [0.717, 1.165) is 16.7 Å². The van der Waals surface area contributed by atoms with Crippen molar-refractivity contribution in [1.82, 2.24) is 10.6 Å². The van der Waals surface area contributed by atoms with Crippen molar-refractivity contribution in [3.05, 3.63) is 95.1 Å². The number of alkyl carbamates (subject to hydrolysis) is 1. The molecule has 2 atom stereocenters. The second kappa shape index (κ2) is 9.62. The number of carbonyl (C=O) groups is 3. The third kappa shape index (κ3) is 4.89. The van der Waals surface area contributed by atoms with E-state index < -0.39 is 12.1 Å².